The summed E-state index contributed by atoms with van der Waals surface area (Å²) < 4.78 is 12.4. The van der Waals surface area contributed by atoms with Crippen molar-refractivity contribution in [2.24, 2.45) is 5.92 Å². The van der Waals surface area contributed by atoms with E-state index < -0.39 is 0 Å². The molecule has 2 aliphatic heterocycles. The number of carbonyl (C=O) groups excluding carboxylic acids is 3. The van der Waals surface area contributed by atoms with Crippen LogP contribution in [0.4, 0.5) is 10.5 Å². The lowest BCUT2D eigenvalue weighted by atomic mass is 9.89. The van der Waals surface area contributed by atoms with Crippen LogP contribution in [0.5, 0.6) is 5.75 Å². The number of amides is 4. The molecule has 4 amide bonds. The summed E-state index contributed by atoms with van der Waals surface area (Å²) in [6.07, 6.45) is 7.44. The Hall–Kier alpha value is -3.59. The van der Waals surface area contributed by atoms with Crippen molar-refractivity contribution in [3.05, 3.63) is 59.7 Å². The molecule has 1 aliphatic carbocycles. The van der Waals surface area contributed by atoms with E-state index in [-0.39, 0.29) is 42.7 Å². The molecule has 2 heterocycles. The average molecular weight is 549 g/mol. The minimum absolute atomic E-state index is 0.0309. The van der Waals surface area contributed by atoms with E-state index in [0.29, 0.717) is 42.3 Å². The summed E-state index contributed by atoms with van der Waals surface area (Å²) in [5.74, 6) is 0.877. The van der Waals surface area contributed by atoms with E-state index in [1.54, 1.807) is 30.1 Å². The van der Waals surface area contributed by atoms with Crippen LogP contribution in [-0.4, -0.2) is 61.2 Å². The smallest absolute Gasteiger partial charge is 0.319 e. The molecule has 2 aromatic rings. The quantitative estimate of drug-likeness (QED) is 0.473. The van der Waals surface area contributed by atoms with Gasteiger partial charge in [0.05, 0.1) is 24.1 Å². The fourth-order valence-corrected chi connectivity index (χ4v) is 5.99. The van der Waals surface area contributed by atoms with Crippen LogP contribution in [0, 0.1) is 5.92 Å². The number of urea groups is 1. The molecule has 3 N–H and O–H groups in total. The first-order valence-electron chi connectivity index (χ1n) is 14.5. The van der Waals surface area contributed by atoms with Gasteiger partial charge in [0, 0.05) is 25.8 Å². The van der Waals surface area contributed by atoms with E-state index in [9.17, 15) is 14.4 Å². The highest BCUT2D eigenvalue weighted by atomic mass is 16.5. The summed E-state index contributed by atoms with van der Waals surface area (Å²) in [5, 5.41) is 8.74. The summed E-state index contributed by atoms with van der Waals surface area (Å²) in [6, 6.07) is 14.2. The molecule has 0 unspecified atom stereocenters. The molecular formula is C31H40N4O5. The van der Waals surface area contributed by atoms with E-state index in [4.69, 9.17) is 9.47 Å². The maximum absolute atomic E-state index is 13.5. The largest absolute Gasteiger partial charge is 0.490 e. The van der Waals surface area contributed by atoms with Crippen LogP contribution in [-0.2, 0) is 16.1 Å². The number of likely N-dealkylation sites (N-methyl/N-ethyl adjacent to an activating group) is 1. The Morgan fingerprint density at radius 1 is 0.975 bits per heavy atom. The number of benzene rings is 2. The number of fused-ring (bicyclic) bond motifs is 2. The highest BCUT2D eigenvalue weighted by Gasteiger charge is 2.39. The average Bonchev–Trinajstić information content (AvgIpc) is 2.98. The second kappa shape index (κ2) is 13.2. The van der Waals surface area contributed by atoms with Gasteiger partial charge in [-0.05, 0) is 55.4 Å². The van der Waals surface area contributed by atoms with Crippen LogP contribution in [0.25, 0.3) is 0 Å². The molecule has 1 saturated heterocycles. The predicted octanol–water partition coefficient (Wildman–Crippen LogP) is 4.48. The van der Waals surface area contributed by atoms with Gasteiger partial charge in [-0.1, -0.05) is 49.6 Å². The molecule has 3 atom stereocenters. The van der Waals surface area contributed by atoms with Gasteiger partial charge in [0.25, 0.3) is 5.91 Å². The summed E-state index contributed by atoms with van der Waals surface area (Å²) in [4.78, 5) is 40.3. The Kier molecular flexibility index (Phi) is 9.21. The highest BCUT2D eigenvalue weighted by molar-refractivity contribution is 5.99. The van der Waals surface area contributed by atoms with Crippen LogP contribution in [0.1, 0.15) is 67.3 Å². The summed E-state index contributed by atoms with van der Waals surface area (Å²) in [6.45, 7) is 1.43. The lowest BCUT2D eigenvalue weighted by Gasteiger charge is -2.42. The molecular weight excluding hydrogens is 508 g/mol. The van der Waals surface area contributed by atoms with Gasteiger partial charge < -0.3 is 30.3 Å². The van der Waals surface area contributed by atoms with E-state index in [2.05, 4.69) is 16.0 Å². The van der Waals surface area contributed by atoms with Gasteiger partial charge in [0.15, 0.2) is 0 Å². The van der Waals surface area contributed by atoms with E-state index >= 15 is 0 Å². The monoisotopic (exact) mass is 548 g/mol. The van der Waals surface area contributed by atoms with E-state index in [1.807, 2.05) is 30.3 Å². The van der Waals surface area contributed by atoms with Crippen molar-refractivity contribution >= 4 is 23.5 Å². The SMILES string of the molecule is CN1C(=O)c2cc(NC(=O)NCc3ccccc3)ccc2OC[C@H]2O[C@@H](CC(=O)NCC3CCCCC3)CC[C@@H]21. The standard InChI is InChI=1S/C31H40N4O5/c1-35-26-14-13-24(17-29(36)32-18-21-8-4-2-5-9-21)40-28(26)20-39-27-15-12-23(16-25(27)30(35)37)34-31(38)33-19-22-10-6-3-7-11-22/h3,6-7,10-12,15-16,21,24,26,28H,2,4-5,8-9,13-14,17-20H2,1H3,(H,32,36)(H2,33,34,38)/t24-,26+,28-/m1/s1. The van der Waals surface area contributed by atoms with Crippen LogP contribution in [0.2, 0.25) is 0 Å². The number of anilines is 1. The third-order valence-corrected chi connectivity index (χ3v) is 8.29. The second-order valence-electron chi connectivity index (χ2n) is 11.2. The molecule has 5 rings (SSSR count). The van der Waals surface area contributed by atoms with Gasteiger partial charge in [-0.25, -0.2) is 4.79 Å². The van der Waals surface area contributed by atoms with Crippen molar-refractivity contribution in [2.75, 3.05) is 25.5 Å². The van der Waals surface area contributed by atoms with Gasteiger partial charge >= 0.3 is 6.03 Å². The predicted molar refractivity (Wildman–Crippen MR) is 152 cm³/mol. The fraction of sp³-hybridized carbons (Fsp3) is 0.516. The molecule has 2 fully saturated rings. The zero-order valence-electron chi connectivity index (χ0n) is 23.2. The highest BCUT2D eigenvalue weighted by Crippen LogP contribution is 2.32. The third kappa shape index (κ3) is 7.13. The number of nitrogens with zero attached hydrogens (tertiary/aromatic N) is 1. The number of rotatable bonds is 7. The van der Waals surface area contributed by atoms with Gasteiger partial charge in [-0.2, -0.15) is 0 Å². The molecule has 1 saturated carbocycles. The number of ether oxygens (including phenoxy) is 2. The first kappa shape index (κ1) is 28.0. The summed E-state index contributed by atoms with van der Waals surface area (Å²) in [5.41, 5.74) is 1.89. The lowest BCUT2D eigenvalue weighted by molar-refractivity contribution is -0.134. The summed E-state index contributed by atoms with van der Waals surface area (Å²) in [7, 11) is 1.78. The number of carbonyl (C=O) groups is 3. The molecule has 214 valence electrons. The van der Waals surface area contributed by atoms with Gasteiger partial charge in [0.2, 0.25) is 5.91 Å². The van der Waals surface area contributed by atoms with E-state index in [1.165, 1.54) is 32.1 Å². The van der Waals surface area contributed by atoms with Crippen LogP contribution >= 0.6 is 0 Å². The Labute approximate surface area is 236 Å². The van der Waals surface area contributed by atoms with Crippen molar-refractivity contribution in [3.8, 4) is 5.75 Å². The molecule has 0 bridgehead atoms. The van der Waals surface area contributed by atoms with Crippen molar-refractivity contribution in [1.29, 1.82) is 0 Å². The molecule has 3 aliphatic rings. The van der Waals surface area contributed by atoms with Crippen molar-refractivity contribution in [1.82, 2.24) is 15.5 Å². The molecule has 40 heavy (non-hydrogen) atoms. The first-order chi connectivity index (χ1) is 19.5. The number of hydrogen-bond acceptors (Lipinski definition) is 5. The number of nitrogens with one attached hydrogen (secondary N) is 3. The maximum Gasteiger partial charge on any atom is 0.319 e. The Bertz CT molecular complexity index is 1180. The first-order valence-corrected chi connectivity index (χ1v) is 14.5. The molecule has 9 heteroatoms. The third-order valence-electron chi connectivity index (χ3n) is 8.29. The summed E-state index contributed by atoms with van der Waals surface area (Å²) >= 11 is 0. The van der Waals surface area contributed by atoms with Gasteiger partial charge in [-0.15, -0.1) is 0 Å². The molecule has 9 nitrogen and oxygen atoms in total. The Morgan fingerprint density at radius 2 is 1.77 bits per heavy atom. The molecule has 0 radical (unpaired) electrons. The fourth-order valence-electron chi connectivity index (χ4n) is 5.99. The van der Waals surface area contributed by atoms with Gasteiger partial charge in [0.1, 0.15) is 18.5 Å². The zero-order chi connectivity index (χ0) is 27.9. The van der Waals surface area contributed by atoms with Crippen LogP contribution < -0.4 is 20.7 Å². The van der Waals surface area contributed by atoms with Crippen LogP contribution in [0.3, 0.4) is 0 Å². The van der Waals surface area contributed by atoms with E-state index in [0.717, 1.165) is 18.5 Å². The van der Waals surface area contributed by atoms with Crippen molar-refractivity contribution < 1.29 is 23.9 Å². The molecule has 2 aromatic carbocycles. The van der Waals surface area contributed by atoms with Crippen molar-refractivity contribution in [3.63, 3.8) is 0 Å². The molecule has 0 spiro atoms. The van der Waals surface area contributed by atoms with Crippen LogP contribution in [0.15, 0.2) is 48.5 Å². The maximum atomic E-state index is 13.5. The Balaban J connectivity index is 1.16. The topological polar surface area (TPSA) is 109 Å². The van der Waals surface area contributed by atoms with Crippen molar-refractivity contribution in [2.45, 2.75) is 76.2 Å². The molecule has 0 aromatic heterocycles. The second-order valence-corrected chi connectivity index (χ2v) is 11.2. The van der Waals surface area contributed by atoms with Gasteiger partial charge in [-0.3, -0.25) is 9.59 Å². The minimum Gasteiger partial charge on any atom is -0.490 e. The minimum atomic E-state index is -0.356. The normalized spacial score (nSPS) is 23.1. The lowest BCUT2D eigenvalue weighted by Crippen LogP contribution is -2.54. The Morgan fingerprint density at radius 3 is 2.58 bits per heavy atom. The number of hydrogen-bond donors (Lipinski definition) is 3. The zero-order valence-corrected chi connectivity index (χ0v) is 23.2.